The van der Waals surface area contributed by atoms with Crippen LogP contribution >= 0.6 is 0 Å². The molecule has 642 valence electrons. The standard InChI is InChI=1S/C102H90O24/c1-111-83-59-69(53-55-81(83)113-61-67-33-13-3-14-34-67)57-79(63-117-101-91(125-99(109)77-49-29-11-30-50-77)89(123-97(107)75-45-25-9-26-46-75)87(121-95(105)73-41-21-7-22-42-73)85(119-101)65-115-93(103)71-37-17-5-18-38-71)80(58-70-54-56-82(84(60-70)112-2)114-62-68-35-15-4-16-36-68)64-118-102-92(126-100(110)78-51-31-12-32-52-78)90(124-98(108)76-47-27-10-28-48-76)88(122-96(106)74-43-23-8-24-44-74)86(120-102)66-116-94(104)72-39-19-6-20-40-72/h3-56,59-60,79-80,85-92,101-102H,57-58,61-66H2,1-2H3/t79?,80?,85-,86-,87-,88-,89+,90+,91-,92-,101-,102-/m1/s1. The lowest BCUT2D eigenvalue weighted by atomic mass is 9.83. The molecule has 0 spiro atoms. The third kappa shape index (κ3) is 23.6. The molecule has 14 rings (SSSR count). The summed E-state index contributed by atoms with van der Waals surface area (Å²) in [4.78, 5) is 118. The number of methoxy groups -OCH3 is 2. The van der Waals surface area contributed by atoms with E-state index < -0.39 is 147 Å². The van der Waals surface area contributed by atoms with Crippen molar-refractivity contribution in [1.29, 1.82) is 0 Å². The average molecular weight is 1700 g/mol. The minimum atomic E-state index is -1.87. The third-order valence-electron chi connectivity index (χ3n) is 21.0. The highest BCUT2D eigenvalue weighted by Gasteiger charge is 2.56. The zero-order valence-electron chi connectivity index (χ0n) is 68.7. The summed E-state index contributed by atoms with van der Waals surface area (Å²) in [6.07, 6.45) is -17.8. The van der Waals surface area contributed by atoms with Gasteiger partial charge in [0.2, 0.25) is 0 Å². The lowest BCUT2D eigenvalue weighted by Crippen LogP contribution is -2.63. The molecule has 24 heteroatoms. The average Bonchev–Trinajstić information content (AvgIpc) is 0.776. The van der Waals surface area contributed by atoms with E-state index in [1.54, 1.807) is 170 Å². The van der Waals surface area contributed by atoms with Crippen molar-refractivity contribution >= 4 is 47.8 Å². The predicted octanol–water partition coefficient (Wildman–Crippen LogP) is 16.4. The Hall–Kier alpha value is -14.6. The van der Waals surface area contributed by atoms with Crippen molar-refractivity contribution in [3.8, 4) is 23.0 Å². The van der Waals surface area contributed by atoms with E-state index >= 15 is 19.2 Å². The quantitative estimate of drug-likeness (QED) is 0.0258. The first-order valence-corrected chi connectivity index (χ1v) is 40.9. The van der Waals surface area contributed by atoms with Gasteiger partial charge in [-0.1, -0.05) is 218 Å². The zero-order chi connectivity index (χ0) is 87.4. The molecule has 12 atom stereocenters. The molecule has 2 aliphatic rings. The van der Waals surface area contributed by atoms with E-state index in [2.05, 4.69) is 0 Å². The first kappa shape index (κ1) is 87.8. The van der Waals surface area contributed by atoms with Crippen molar-refractivity contribution in [1.82, 2.24) is 0 Å². The molecule has 0 saturated carbocycles. The van der Waals surface area contributed by atoms with Crippen LogP contribution in [-0.4, -0.2) is 150 Å². The van der Waals surface area contributed by atoms with Gasteiger partial charge in [-0.2, -0.15) is 0 Å². The van der Waals surface area contributed by atoms with Crippen LogP contribution in [0.15, 0.2) is 340 Å². The smallest absolute Gasteiger partial charge is 0.338 e. The monoisotopic (exact) mass is 1700 g/mol. The number of ether oxygens (including phenoxy) is 16. The fourth-order valence-electron chi connectivity index (χ4n) is 14.5. The molecular formula is C102H90O24. The van der Waals surface area contributed by atoms with Crippen LogP contribution in [0, 0.1) is 11.8 Å². The normalized spacial score (nSPS) is 18.7. The summed E-state index contributed by atoms with van der Waals surface area (Å²) in [5, 5.41) is 0. The van der Waals surface area contributed by atoms with E-state index in [-0.39, 0.29) is 70.6 Å². The molecule has 2 fully saturated rings. The Labute approximate surface area is 727 Å². The van der Waals surface area contributed by atoms with Crippen LogP contribution in [-0.2, 0) is 82.9 Å². The van der Waals surface area contributed by atoms with Crippen molar-refractivity contribution in [2.75, 3.05) is 40.6 Å². The van der Waals surface area contributed by atoms with Gasteiger partial charge in [0.1, 0.15) is 38.6 Å². The van der Waals surface area contributed by atoms with Gasteiger partial charge < -0.3 is 75.8 Å². The van der Waals surface area contributed by atoms with Crippen LogP contribution in [0.2, 0.25) is 0 Å². The lowest BCUT2D eigenvalue weighted by Gasteiger charge is -2.45. The molecule has 2 unspecified atom stereocenters. The fraction of sp³-hybridized carbons (Fsp3) is 0.216. The van der Waals surface area contributed by atoms with Crippen LogP contribution in [0.4, 0.5) is 0 Å². The molecule has 2 heterocycles. The van der Waals surface area contributed by atoms with Gasteiger partial charge in [-0.3, -0.25) is 0 Å². The molecule has 0 aromatic heterocycles. The first-order chi connectivity index (χ1) is 61.7. The third-order valence-corrected chi connectivity index (χ3v) is 21.0. The van der Waals surface area contributed by atoms with E-state index in [9.17, 15) is 19.2 Å². The summed E-state index contributed by atoms with van der Waals surface area (Å²) < 4.78 is 105. The van der Waals surface area contributed by atoms with Crippen molar-refractivity contribution in [3.05, 3.63) is 406 Å². The van der Waals surface area contributed by atoms with Gasteiger partial charge in [0.15, 0.2) is 72.2 Å². The van der Waals surface area contributed by atoms with Gasteiger partial charge in [-0.25, -0.2) is 38.4 Å². The second-order valence-corrected chi connectivity index (χ2v) is 29.5. The number of carbonyl (C=O) groups excluding carboxylic acids is 8. The maximum absolute atomic E-state index is 15.1. The number of esters is 8. The first-order valence-electron chi connectivity index (χ1n) is 40.9. The minimum absolute atomic E-state index is 0.0205. The molecular weight excluding hydrogens is 1610 g/mol. The van der Waals surface area contributed by atoms with E-state index in [1.807, 2.05) is 72.8 Å². The molecule has 24 nitrogen and oxygen atoms in total. The molecule has 12 aromatic carbocycles. The van der Waals surface area contributed by atoms with E-state index in [1.165, 1.54) is 111 Å². The van der Waals surface area contributed by atoms with Gasteiger partial charge in [0.25, 0.3) is 0 Å². The summed E-state index contributed by atoms with van der Waals surface area (Å²) in [6.45, 7) is -1.93. The molecule has 2 saturated heterocycles. The summed E-state index contributed by atoms with van der Waals surface area (Å²) >= 11 is 0. The Balaban J connectivity index is 0.921. The Morgan fingerprint density at radius 1 is 0.262 bits per heavy atom. The summed E-state index contributed by atoms with van der Waals surface area (Å²) in [6, 6.07) is 93.7. The molecule has 0 amide bonds. The second kappa shape index (κ2) is 44.0. The number of benzene rings is 12. The fourth-order valence-corrected chi connectivity index (χ4v) is 14.5. The van der Waals surface area contributed by atoms with Crippen LogP contribution in [0.3, 0.4) is 0 Å². The highest BCUT2D eigenvalue weighted by atomic mass is 16.8. The number of hydrogen-bond acceptors (Lipinski definition) is 24. The van der Waals surface area contributed by atoms with E-state index in [0.717, 1.165) is 11.1 Å². The molecule has 0 N–H and O–H groups in total. The molecule has 12 aromatic rings. The topological polar surface area (TPSA) is 284 Å². The zero-order valence-corrected chi connectivity index (χ0v) is 68.7. The van der Waals surface area contributed by atoms with Gasteiger partial charge in [-0.05, 0) is 168 Å². The van der Waals surface area contributed by atoms with Crippen LogP contribution < -0.4 is 18.9 Å². The Morgan fingerprint density at radius 3 is 0.762 bits per heavy atom. The van der Waals surface area contributed by atoms with Gasteiger partial charge in [0, 0.05) is 0 Å². The summed E-state index contributed by atoms with van der Waals surface area (Å²) in [5.41, 5.74) is 3.58. The lowest BCUT2D eigenvalue weighted by molar-refractivity contribution is -0.306. The Bertz CT molecular complexity index is 5210. The summed E-state index contributed by atoms with van der Waals surface area (Å²) in [7, 11) is 3.00. The molecule has 0 bridgehead atoms. The second-order valence-electron chi connectivity index (χ2n) is 29.5. The molecule has 0 radical (unpaired) electrons. The highest BCUT2D eigenvalue weighted by Crippen LogP contribution is 2.39. The van der Waals surface area contributed by atoms with Gasteiger partial charge >= 0.3 is 47.8 Å². The van der Waals surface area contributed by atoms with Crippen molar-refractivity contribution in [2.24, 2.45) is 11.8 Å². The highest BCUT2D eigenvalue weighted by molar-refractivity contribution is 5.94. The minimum Gasteiger partial charge on any atom is -0.493 e. The van der Waals surface area contributed by atoms with E-state index in [4.69, 9.17) is 75.8 Å². The molecule has 126 heavy (non-hydrogen) atoms. The van der Waals surface area contributed by atoms with Crippen LogP contribution in [0.25, 0.3) is 0 Å². The van der Waals surface area contributed by atoms with Crippen LogP contribution in [0.5, 0.6) is 23.0 Å². The Kier molecular flexibility index (Phi) is 30.6. The Morgan fingerprint density at radius 2 is 0.500 bits per heavy atom. The van der Waals surface area contributed by atoms with Crippen molar-refractivity contribution in [3.63, 3.8) is 0 Å². The van der Waals surface area contributed by atoms with Crippen molar-refractivity contribution in [2.45, 2.75) is 87.5 Å². The van der Waals surface area contributed by atoms with Gasteiger partial charge in [0.05, 0.1) is 71.9 Å². The maximum atomic E-state index is 15.1. The van der Waals surface area contributed by atoms with Gasteiger partial charge in [-0.15, -0.1) is 0 Å². The largest absolute Gasteiger partial charge is 0.493 e. The molecule has 0 aliphatic carbocycles. The summed E-state index contributed by atoms with van der Waals surface area (Å²) in [5.74, 6) is -7.74. The maximum Gasteiger partial charge on any atom is 0.338 e. The van der Waals surface area contributed by atoms with Crippen LogP contribution in [0.1, 0.15) is 105 Å². The SMILES string of the molecule is COc1cc(CC(CO[C@@H]2O[C@H](COC(=O)c3ccccc3)[C@@H](OC(=O)c3ccccc3)[C@H](OC(=O)c3ccccc3)[C@H]2OC(=O)c2ccccc2)C(CO[C@@H]2O[C@H](COC(=O)c3ccccc3)[C@@H](OC(=O)c3ccccc3)[C@H](OC(=O)c3ccccc3)[C@H]2OC(=O)c2ccccc2)Cc2ccc(OCc3ccccc3)c(OC)c2)ccc1OCc1ccccc1. The number of hydrogen-bond donors (Lipinski definition) is 0. The predicted molar refractivity (Wildman–Crippen MR) is 458 cm³/mol. The van der Waals surface area contributed by atoms with E-state index in [0.29, 0.717) is 34.1 Å². The number of carbonyl (C=O) groups is 8. The number of rotatable bonds is 37. The van der Waals surface area contributed by atoms with Crippen molar-refractivity contribution < 1.29 is 114 Å². The molecule has 2 aliphatic heterocycles.